The fraction of sp³-hybridized carbons (Fsp3) is 0.167. The van der Waals surface area contributed by atoms with E-state index in [-0.39, 0.29) is 22.1 Å². The minimum Gasteiger partial charge on any atom is -0.242 e. The van der Waals surface area contributed by atoms with Crippen LogP contribution in [0.2, 0.25) is 0 Å². The van der Waals surface area contributed by atoms with Crippen LogP contribution in [0.4, 0.5) is 52.7 Å². The zero-order chi connectivity index (χ0) is 33.1. The zero-order valence-corrected chi connectivity index (χ0v) is 21.3. The first-order chi connectivity index (χ1) is 21.3. The number of nitrogens with zero attached hydrogens (tertiary/aromatic N) is 10. The molecule has 2 aromatic carbocycles. The topological polar surface area (TPSA) is 129 Å². The van der Waals surface area contributed by atoms with E-state index in [4.69, 9.17) is 0 Å². The Hall–Kier alpha value is -5.44. The minimum atomic E-state index is -5.67. The van der Waals surface area contributed by atoms with Gasteiger partial charge in [-0.1, -0.05) is 12.1 Å². The summed E-state index contributed by atoms with van der Waals surface area (Å²) in [6.45, 7) is 0. The lowest BCUT2D eigenvalue weighted by Gasteiger charge is -2.15. The van der Waals surface area contributed by atoms with Crippen molar-refractivity contribution in [3.8, 4) is 0 Å². The first-order valence-corrected chi connectivity index (χ1v) is 12.1. The molecule has 0 aliphatic rings. The largest absolute Gasteiger partial charge is 0.435 e. The van der Waals surface area contributed by atoms with Crippen LogP contribution in [-0.2, 0) is 24.7 Å². The van der Waals surface area contributed by atoms with Crippen molar-refractivity contribution in [3.63, 3.8) is 0 Å². The second-order valence-corrected chi connectivity index (χ2v) is 9.38. The number of fused-ring (bicyclic) bond motifs is 9. The van der Waals surface area contributed by atoms with Crippen molar-refractivity contribution >= 4 is 66.7 Å². The van der Waals surface area contributed by atoms with Crippen LogP contribution < -0.4 is 0 Å². The quantitative estimate of drug-likeness (QED) is 0.0993. The minimum absolute atomic E-state index is 0.148. The lowest BCUT2D eigenvalue weighted by atomic mass is 10.1. The van der Waals surface area contributed by atoms with Crippen molar-refractivity contribution in [1.29, 1.82) is 0 Å². The molecule has 10 nitrogen and oxygen atoms in total. The molecular weight excluding hydrogens is 656 g/mol. The van der Waals surface area contributed by atoms with Crippen molar-refractivity contribution in [3.05, 3.63) is 47.0 Å². The third kappa shape index (κ3) is 4.53. The van der Waals surface area contributed by atoms with Crippen LogP contribution in [0.5, 0.6) is 0 Å². The molecule has 5 aromatic heterocycles. The molecule has 0 fully saturated rings. The number of alkyl halides is 12. The van der Waals surface area contributed by atoms with Gasteiger partial charge >= 0.3 is 24.7 Å². The number of para-hydroxylation sites is 2. The third-order valence-electron chi connectivity index (χ3n) is 6.36. The van der Waals surface area contributed by atoms with E-state index in [0.29, 0.717) is 0 Å². The van der Waals surface area contributed by atoms with Crippen LogP contribution in [0.25, 0.3) is 66.7 Å². The van der Waals surface area contributed by atoms with Crippen LogP contribution in [-0.4, -0.2) is 49.8 Å². The summed E-state index contributed by atoms with van der Waals surface area (Å²) < 4.78 is 163. The van der Waals surface area contributed by atoms with Crippen LogP contribution >= 0.6 is 0 Å². The SMILES string of the molecule is FC(F)(F)c1nc2nc3c4nc5ccccc5nc4c4nc5nc(C(F)(F)F)c(C(F)(F)F)nc5nc4c3nc2nc1C(F)(F)F. The summed E-state index contributed by atoms with van der Waals surface area (Å²) in [7, 11) is 0. The maximum absolute atomic E-state index is 13.6. The van der Waals surface area contributed by atoms with Gasteiger partial charge in [0.25, 0.3) is 0 Å². The summed E-state index contributed by atoms with van der Waals surface area (Å²) in [6.07, 6.45) is -22.6. The van der Waals surface area contributed by atoms with Crippen molar-refractivity contribution < 1.29 is 52.7 Å². The molecule has 7 aromatic rings. The molecule has 0 atom stereocenters. The monoisotopic (exact) mass is 660 g/mol. The number of aromatic nitrogens is 10. The van der Waals surface area contributed by atoms with Gasteiger partial charge in [-0.3, -0.25) is 0 Å². The van der Waals surface area contributed by atoms with Crippen LogP contribution in [0.15, 0.2) is 24.3 Å². The Morgan fingerprint density at radius 1 is 0.304 bits per heavy atom. The highest BCUT2D eigenvalue weighted by molar-refractivity contribution is 6.20. The lowest BCUT2D eigenvalue weighted by Crippen LogP contribution is -2.21. The molecule has 22 heteroatoms. The average molecular weight is 660 g/mol. The van der Waals surface area contributed by atoms with Crippen LogP contribution in [0, 0.1) is 0 Å². The Morgan fingerprint density at radius 3 is 0.739 bits per heavy atom. The third-order valence-corrected chi connectivity index (χ3v) is 6.36. The maximum Gasteiger partial charge on any atom is 0.435 e. The smallest absolute Gasteiger partial charge is 0.242 e. The molecule has 0 N–H and O–H groups in total. The van der Waals surface area contributed by atoms with E-state index in [2.05, 4.69) is 49.8 Å². The van der Waals surface area contributed by atoms with Gasteiger partial charge in [-0.05, 0) is 12.1 Å². The standard InChI is InChI=1S/C24H4F12N10/c25-21(26,27)13-15(23(31,32)33)45-19-17(43-13)39-9-7-8(38-6-4-2-1-3-5(6)37-7)10-12(11(9)41-19)42-20-18(40-10)44-14(22(28,29)30)16(46-20)24(34,35)36/h1-4H. The molecular formula is C24H4F12N10. The molecule has 46 heavy (non-hydrogen) atoms. The van der Waals surface area contributed by atoms with Gasteiger partial charge in [-0.25, -0.2) is 49.8 Å². The van der Waals surface area contributed by atoms with E-state index in [0.717, 1.165) is 0 Å². The highest BCUT2D eigenvalue weighted by Gasteiger charge is 2.48. The van der Waals surface area contributed by atoms with Crippen LogP contribution in [0.3, 0.4) is 0 Å². The maximum atomic E-state index is 13.6. The number of hydrogen-bond acceptors (Lipinski definition) is 10. The zero-order valence-electron chi connectivity index (χ0n) is 21.3. The molecule has 0 aliphatic carbocycles. The molecule has 0 bridgehead atoms. The summed E-state index contributed by atoms with van der Waals surface area (Å²) in [5, 5.41) is 0. The van der Waals surface area contributed by atoms with Gasteiger partial charge in [0.2, 0.25) is 0 Å². The van der Waals surface area contributed by atoms with Gasteiger partial charge in [0.05, 0.1) is 11.0 Å². The number of hydrogen-bond donors (Lipinski definition) is 0. The van der Waals surface area contributed by atoms with Crippen LogP contribution in [0.1, 0.15) is 22.8 Å². The predicted octanol–water partition coefficient (Wildman–Crippen LogP) is 6.63. The summed E-state index contributed by atoms with van der Waals surface area (Å²) >= 11 is 0. The van der Waals surface area contributed by atoms with E-state index >= 15 is 0 Å². The van der Waals surface area contributed by atoms with Crippen molar-refractivity contribution in [1.82, 2.24) is 49.8 Å². The molecule has 234 valence electrons. The fourth-order valence-corrected chi connectivity index (χ4v) is 4.55. The summed E-state index contributed by atoms with van der Waals surface area (Å²) in [5.74, 6) is 0. The lowest BCUT2D eigenvalue weighted by molar-refractivity contribution is -0.167. The second kappa shape index (κ2) is 9.06. The van der Waals surface area contributed by atoms with Gasteiger partial charge in [-0.2, -0.15) is 52.7 Å². The molecule has 0 spiro atoms. The van der Waals surface area contributed by atoms with E-state index in [1.165, 1.54) is 24.3 Å². The Balaban J connectivity index is 1.70. The average Bonchev–Trinajstić information content (AvgIpc) is 2.95. The van der Waals surface area contributed by atoms with E-state index < -0.39 is 92.1 Å². The van der Waals surface area contributed by atoms with Crippen molar-refractivity contribution in [2.75, 3.05) is 0 Å². The molecule has 5 heterocycles. The fourth-order valence-electron chi connectivity index (χ4n) is 4.55. The Bertz CT molecular complexity index is 2270. The number of benzene rings is 2. The molecule has 0 saturated heterocycles. The van der Waals surface area contributed by atoms with Crippen molar-refractivity contribution in [2.24, 2.45) is 0 Å². The summed E-state index contributed by atoms with van der Waals surface area (Å²) in [5.41, 5.74) is -16.6. The number of halogens is 12. The highest BCUT2D eigenvalue weighted by Crippen LogP contribution is 2.41. The van der Waals surface area contributed by atoms with Gasteiger partial charge in [0, 0.05) is 0 Å². The molecule has 0 saturated carbocycles. The van der Waals surface area contributed by atoms with E-state index in [1.54, 1.807) is 0 Å². The highest BCUT2D eigenvalue weighted by atomic mass is 19.4. The van der Waals surface area contributed by atoms with Gasteiger partial charge in [-0.15, -0.1) is 0 Å². The second-order valence-electron chi connectivity index (χ2n) is 9.38. The molecule has 0 amide bonds. The first kappa shape index (κ1) is 29.3. The summed E-state index contributed by atoms with van der Waals surface area (Å²) in [6, 6.07) is 5.92. The molecule has 0 unspecified atom stereocenters. The normalized spacial score (nSPS) is 13.7. The molecule has 7 rings (SSSR count). The Labute approximate surface area is 241 Å². The van der Waals surface area contributed by atoms with Gasteiger partial charge in [0.1, 0.15) is 33.1 Å². The number of rotatable bonds is 0. The predicted molar refractivity (Wildman–Crippen MR) is 129 cm³/mol. The summed E-state index contributed by atoms with van der Waals surface area (Å²) in [4.78, 5) is 36.1. The first-order valence-electron chi connectivity index (χ1n) is 12.1. The molecule has 0 radical (unpaired) electrons. The van der Waals surface area contributed by atoms with E-state index in [1.807, 2.05) is 0 Å². The Morgan fingerprint density at radius 2 is 0.522 bits per heavy atom. The van der Waals surface area contributed by atoms with E-state index in [9.17, 15) is 52.7 Å². The van der Waals surface area contributed by atoms with Gasteiger partial charge < -0.3 is 0 Å². The van der Waals surface area contributed by atoms with Gasteiger partial charge in [0.15, 0.2) is 45.4 Å². The molecule has 0 aliphatic heterocycles. The van der Waals surface area contributed by atoms with Crippen molar-refractivity contribution in [2.45, 2.75) is 24.7 Å². The Kier molecular flexibility index (Phi) is 5.77.